The van der Waals surface area contributed by atoms with Crippen molar-refractivity contribution in [3.8, 4) is 12.3 Å². The molecule has 1 rings (SSSR count). The zero-order valence-electron chi connectivity index (χ0n) is 10.3. The van der Waals surface area contributed by atoms with E-state index in [-0.39, 0.29) is 5.54 Å². The SMILES string of the molecule is C#CC(C)(CC)NCCCc1ccccc1. The van der Waals surface area contributed by atoms with Crippen molar-refractivity contribution in [2.45, 2.75) is 38.6 Å². The van der Waals surface area contributed by atoms with E-state index in [9.17, 15) is 0 Å². The average Bonchev–Trinajstić information content (AvgIpc) is 2.36. The third kappa shape index (κ3) is 4.08. The molecule has 0 saturated carbocycles. The smallest absolute Gasteiger partial charge is 0.0767 e. The minimum Gasteiger partial charge on any atom is -0.301 e. The lowest BCUT2D eigenvalue weighted by Crippen LogP contribution is -2.40. The number of hydrogen-bond acceptors (Lipinski definition) is 1. The van der Waals surface area contributed by atoms with Crippen LogP contribution in [0.5, 0.6) is 0 Å². The first kappa shape index (κ1) is 12.8. The highest BCUT2D eigenvalue weighted by Crippen LogP contribution is 2.07. The first-order chi connectivity index (χ1) is 7.70. The number of aryl methyl sites for hydroxylation is 1. The summed E-state index contributed by atoms with van der Waals surface area (Å²) in [6, 6.07) is 10.6. The second kappa shape index (κ2) is 6.35. The zero-order chi connectivity index (χ0) is 11.9. The highest BCUT2D eigenvalue weighted by atomic mass is 14.9. The highest BCUT2D eigenvalue weighted by molar-refractivity contribution is 5.14. The van der Waals surface area contributed by atoms with Crippen molar-refractivity contribution < 1.29 is 0 Å². The molecule has 1 unspecified atom stereocenters. The maximum atomic E-state index is 5.50. The van der Waals surface area contributed by atoms with Crippen molar-refractivity contribution in [3.05, 3.63) is 35.9 Å². The van der Waals surface area contributed by atoms with Gasteiger partial charge in [0.2, 0.25) is 0 Å². The van der Waals surface area contributed by atoms with E-state index >= 15 is 0 Å². The average molecular weight is 215 g/mol. The van der Waals surface area contributed by atoms with E-state index in [1.807, 2.05) is 6.07 Å². The minimum absolute atomic E-state index is 0.142. The Morgan fingerprint density at radius 2 is 2.00 bits per heavy atom. The van der Waals surface area contributed by atoms with Crippen molar-refractivity contribution in [2.24, 2.45) is 0 Å². The van der Waals surface area contributed by atoms with E-state index in [1.54, 1.807) is 0 Å². The van der Waals surface area contributed by atoms with Crippen molar-refractivity contribution in [3.63, 3.8) is 0 Å². The zero-order valence-corrected chi connectivity index (χ0v) is 10.3. The predicted octanol–water partition coefficient (Wildman–Crippen LogP) is 3.01. The van der Waals surface area contributed by atoms with Crippen LogP contribution in [0.1, 0.15) is 32.3 Å². The fourth-order valence-electron chi connectivity index (χ4n) is 1.58. The Kier molecular flexibility index (Phi) is 5.08. The van der Waals surface area contributed by atoms with Gasteiger partial charge in [-0.25, -0.2) is 0 Å². The largest absolute Gasteiger partial charge is 0.301 e. The monoisotopic (exact) mass is 215 g/mol. The van der Waals surface area contributed by atoms with Gasteiger partial charge in [-0.3, -0.25) is 0 Å². The summed E-state index contributed by atoms with van der Waals surface area (Å²) >= 11 is 0. The van der Waals surface area contributed by atoms with Gasteiger partial charge in [-0.1, -0.05) is 43.2 Å². The maximum Gasteiger partial charge on any atom is 0.0767 e. The molecular weight excluding hydrogens is 194 g/mol. The predicted molar refractivity (Wildman–Crippen MR) is 70.3 cm³/mol. The highest BCUT2D eigenvalue weighted by Gasteiger charge is 2.16. The number of benzene rings is 1. The van der Waals surface area contributed by atoms with Crippen LogP contribution in [0, 0.1) is 12.3 Å². The summed E-state index contributed by atoms with van der Waals surface area (Å²) in [5.74, 6) is 2.82. The van der Waals surface area contributed by atoms with Crippen LogP contribution in [0.15, 0.2) is 30.3 Å². The molecule has 0 spiro atoms. The second-order valence-corrected chi connectivity index (χ2v) is 4.35. The van der Waals surface area contributed by atoms with Crippen molar-refractivity contribution in [1.82, 2.24) is 5.32 Å². The first-order valence-corrected chi connectivity index (χ1v) is 5.97. The molecule has 16 heavy (non-hydrogen) atoms. The fraction of sp³-hybridized carbons (Fsp3) is 0.467. The normalized spacial score (nSPS) is 14.1. The van der Waals surface area contributed by atoms with Crippen LogP contribution in [-0.4, -0.2) is 12.1 Å². The molecule has 0 bridgehead atoms. The standard InChI is InChI=1S/C15H21N/c1-4-15(3,5-2)16-13-9-12-14-10-7-6-8-11-14/h1,6-8,10-11,16H,5,9,12-13H2,2-3H3. The Hall–Kier alpha value is -1.26. The first-order valence-electron chi connectivity index (χ1n) is 5.97. The number of rotatable bonds is 6. The summed E-state index contributed by atoms with van der Waals surface area (Å²) in [6.45, 7) is 5.17. The Labute approximate surface area is 99.3 Å². The number of nitrogens with one attached hydrogen (secondary N) is 1. The molecule has 0 heterocycles. The van der Waals surface area contributed by atoms with Gasteiger partial charge in [0.05, 0.1) is 5.54 Å². The van der Waals surface area contributed by atoms with Crippen LogP contribution in [-0.2, 0) is 6.42 Å². The summed E-state index contributed by atoms with van der Waals surface area (Å²) in [5, 5.41) is 3.43. The van der Waals surface area contributed by atoms with E-state index in [0.29, 0.717) is 0 Å². The third-order valence-electron chi connectivity index (χ3n) is 3.03. The summed E-state index contributed by atoms with van der Waals surface area (Å²) in [7, 11) is 0. The summed E-state index contributed by atoms with van der Waals surface area (Å²) < 4.78 is 0. The molecule has 0 aliphatic carbocycles. The molecule has 0 fully saturated rings. The molecule has 0 radical (unpaired) electrons. The lowest BCUT2D eigenvalue weighted by Gasteiger charge is -2.23. The molecular formula is C15H21N. The maximum absolute atomic E-state index is 5.50. The second-order valence-electron chi connectivity index (χ2n) is 4.35. The van der Waals surface area contributed by atoms with Gasteiger partial charge in [0, 0.05) is 0 Å². The minimum atomic E-state index is -0.142. The number of hydrogen-bond donors (Lipinski definition) is 1. The molecule has 1 aromatic rings. The van der Waals surface area contributed by atoms with Gasteiger partial charge < -0.3 is 5.32 Å². The van der Waals surface area contributed by atoms with Gasteiger partial charge in [0.1, 0.15) is 0 Å². The van der Waals surface area contributed by atoms with Crippen LogP contribution < -0.4 is 5.32 Å². The van der Waals surface area contributed by atoms with Crippen LogP contribution in [0.3, 0.4) is 0 Å². The molecule has 0 amide bonds. The Bertz CT molecular complexity index is 336. The van der Waals surface area contributed by atoms with E-state index in [1.165, 1.54) is 5.56 Å². The fourth-order valence-corrected chi connectivity index (χ4v) is 1.58. The van der Waals surface area contributed by atoms with E-state index in [4.69, 9.17) is 6.42 Å². The van der Waals surface area contributed by atoms with Crippen molar-refractivity contribution in [1.29, 1.82) is 0 Å². The summed E-state index contributed by atoms with van der Waals surface area (Å²) in [5.41, 5.74) is 1.25. The summed E-state index contributed by atoms with van der Waals surface area (Å²) in [6.07, 6.45) is 8.70. The molecule has 0 aliphatic rings. The van der Waals surface area contributed by atoms with E-state index in [2.05, 4.69) is 49.4 Å². The van der Waals surface area contributed by atoms with Gasteiger partial charge in [0.25, 0.3) is 0 Å². The molecule has 1 aromatic carbocycles. The van der Waals surface area contributed by atoms with Crippen molar-refractivity contribution in [2.75, 3.05) is 6.54 Å². The molecule has 1 N–H and O–H groups in total. The molecule has 1 nitrogen and oxygen atoms in total. The molecule has 1 atom stereocenters. The quantitative estimate of drug-likeness (QED) is 0.568. The van der Waals surface area contributed by atoms with Crippen LogP contribution in [0.4, 0.5) is 0 Å². The topological polar surface area (TPSA) is 12.0 Å². The lowest BCUT2D eigenvalue weighted by atomic mass is 10.00. The van der Waals surface area contributed by atoms with Crippen LogP contribution >= 0.6 is 0 Å². The molecule has 0 aliphatic heterocycles. The molecule has 0 aromatic heterocycles. The van der Waals surface area contributed by atoms with Crippen LogP contribution in [0.25, 0.3) is 0 Å². The molecule has 86 valence electrons. The Morgan fingerprint density at radius 3 is 2.56 bits per heavy atom. The Morgan fingerprint density at radius 1 is 1.31 bits per heavy atom. The lowest BCUT2D eigenvalue weighted by molar-refractivity contribution is 0.435. The Balaban J connectivity index is 2.25. The van der Waals surface area contributed by atoms with Gasteiger partial charge in [-0.15, -0.1) is 6.42 Å². The van der Waals surface area contributed by atoms with E-state index < -0.39 is 0 Å². The third-order valence-corrected chi connectivity index (χ3v) is 3.03. The van der Waals surface area contributed by atoms with Crippen molar-refractivity contribution >= 4 is 0 Å². The van der Waals surface area contributed by atoms with Gasteiger partial charge >= 0.3 is 0 Å². The van der Waals surface area contributed by atoms with Crippen LogP contribution in [0.2, 0.25) is 0 Å². The van der Waals surface area contributed by atoms with Gasteiger partial charge in [0.15, 0.2) is 0 Å². The number of terminal acetylenes is 1. The van der Waals surface area contributed by atoms with Gasteiger partial charge in [-0.05, 0) is 38.3 Å². The summed E-state index contributed by atoms with van der Waals surface area (Å²) in [4.78, 5) is 0. The van der Waals surface area contributed by atoms with E-state index in [0.717, 1.165) is 25.8 Å². The van der Waals surface area contributed by atoms with Gasteiger partial charge in [-0.2, -0.15) is 0 Å². The molecule has 1 heteroatoms. The molecule has 0 saturated heterocycles.